The van der Waals surface area contributed by atoms with Crippen LogP contribution in [0.3, 0.4) is 0 Å². The van der Waals surface area contributed by atoms with Gasteiger partial charge in [0.2, 0.25) is 0 Å². The summed E-state index contributed by atoms with van der Waals surface area (Å²) in [6, 6.07) is 0. The number of hydrogen-bond donors (Lipinski definition) is 0. The molecule has 0 radical (unpaired) electrons. The third kappa shape index (κ3) is 2.08. The maximum absolute atomic E-state index is 4.07. The molecule has 0 amide bonds. The van der Waals surface area contributed by atoms with Gasteiger partial charge in [0, 0.05) is 8.65 Å². The Kier molecular flexibility index (Phi) is 3.49. The minimum Gasteiger partial charge on any atom is -0.0836 e. The average Bonchev–Trinajstić information content (AvgIpc) is 2.85. The Labute approximate surface area is 122 Å². The summed E-state index contributed by atoms with van der Waals surface area (Å²) in [5.41, 5.74) is 0. The predicted molar refractivity (Wildman–Crippen MR) is 81.0 cm³/mol. The largest absolute Gasteiger partial charge is 0.0836 e. The molecule has 1 fully saturated rings. The highest BCUT2D eigenvalue weighted by Crippen LogP contribution is 2.71. The van der Waals surface area contributed by atoms with Crippen LogP contribution in [0.15, 0.2) is 12.2 Å². The average molecular weight is 362 g/mol. The minimum atomic E-state index is 0.388. The Morgan fingerprint density at radius 1 is 0.706 bits per heavy atom. The Bertz CT molecular complexity index is 295. The van der Waals surface area contributed by atoms with E-state index in [1.807, 2.05) is 0 Å². The lowest BCUT2D eigenvalue weighted by atomic mass is 9.82. The van der Waals surface area contributed by atoms with E-state index in [4.69, 9.17) is 0 Å². The number of halogens is 2. The molecular formula is C15H22Br2. The summed E-state index contributed by atoms with van der Waals surface area (Å²) in [6.45, 7) is 0. The molecule has 3 aliphatic rings. The zero-order valence-corrected chi connectivity index (χ0v) is 13.6. The molecule has 0 aromatic heterocycles. The first-order chi connectivity index (χ1) is 8.17. The zero-order chi connectivity index (χ0) is 11.9. The van der Waals surface area contributed by atoms with Crippen LogP contribution in [0, 0.1) is 11.8 Å². The van der Waals surface area contributed by atoms with Crippen LogP contribution in [-0.4, -0.2) is 8.65 Å². The minimum absolute atomic E-state index is 0.388. The lowest BCUT2D eigenvalue weighted by Gasteiger charge is -2.33. The van der Waals surface area contributed by atoms with Gasteiger partial charge in [0.05, 0.1) is 0 Å². The van der Waals surface area contributed by atoms with Crippen LogP contribution in [-0.2, 0) is 0 Å². The van der Waals surface area contributed by atoms with Gasteiger partial charge in [-0.2, -0.15) is 0 Å². The van der Waals surface area contributed by atoms with Gasteiger partial charge >= 0.3 is 0 Å². The summed E-state index contributed by atoms with van der Waals surface area (Å²) in [5.74, 6) is 1.52. The molecule has 4 atom stereocenters. The van der Waals surface area contributed by atoms with Crippen molar-refractivity contribution >= 4 is 31.9 Å². The molecule has 0 saturated heterocycles. The summed E-state index contributed by atoms with van der Waals surface area (Å²) in [6.07, 6.45) is 17.7. The normalized spacial score (nSPS) is 50.2. The topological polar surface area (TPSA) is 0 Å². The van der Waals surface area contributed by atoms with Crippen LogP contribution < -0.4 is 0 Å². The van der Waals surface area contributed by atoms with E-state index in [-0.39, 0.29) is 0 Å². The molecule has 2 heteroatoms. The third-order valence-corrected chi connectivity index (χ3v) is 8.80. The summed E-state index contributed by atoms with van der Waals surface area (Å²) in [4.78, 5) is 0. The lowest BCUT2D eigenvalue weighted by molar-refractivity contribution is 0.411. The molecule has 0 nitrogen and oxygen atoms in total. The second-order valence-electron chi connectivity index (χ2n) is 6.20. The Morgan fingerprint density at radius 2 is 1.12 bits per heavy atom. The van der Waals surface area contributed by atoms with Crippen LogP contribution in [0.1, 0.15) is 57.8 Å². The van der Waals surface area contributed by atoms with Crippen molar-refractivity contribution in [2.75, 3.05) is 0 Å². The van der Waals surface area contributed by atoms with Crippen molar-refractivity contribution in [2.24, 2.45) is 11.8 Å². The van der Waals surface area contributed by atoms with Crippen molar-refractivity contribution in [3.8, 4) is 0 Å². The van der Waals surface area contributed by atoms with Gasteiger partial charge in [-0.25, -0.2) is 0 Å². The molecule has 0 heterocycles. The smallest absolute Gasteiger partial charge is 0.0493 e. The van der Waals surface area contributed by atoms with Crippen LogP contribution in [0.2, 0.25) is 0 Å². The van der Waals surface area contributed by atoms with E-state index in [0.717, 1.165) is 11.8 Å². The molecular weight excluding hydrogens is 340 g/mol. The van der Waals surface area contributed by atoms with E-state index >= 15 is 0 Å². The highest BCUT2D eigenvalue weighted by Gasteiger charge is 2.71. The van der Waals surface area contributed by atoms with Gasteiger partial charge in [-0.1, -0.05) is 82.5 Å². The van der Waals surface area contributed by atoms with E-state index in [1.54, 1.807) is 0 Å². The molecule has 0 spiro atoms. The third-order valence-electron chi connectivity index (χ3n) is 5.11. The molecule has 96 valence electrons. The summed E-state index contributed by atoms with van der Waals surface area (Å²) in [5, 5.41) is 0. The molecule has 0 aromatic carbocycles. The van der Waals surface area contributed by atoms with Crippen LogP contribution in [0.25, 0.3) is 0 Å². The molecule has 0 N–H and O–H groups in total. The van der Waals surface area contributed by atoms with E-state index in [9.17, 15) is 0 Å². The van der Waals surface area contributed by atoms with E-state index < -0.39 is 0 Å². The molecule has 17 heavy (non-hydrogen) atoms. The van der Waals surface area contributed by atoms with Crippen molar-refractivity contribution in [1.82, 2.24) is 0 Å². The van der Waals surface area contributed by atoms with Gasteiger partial charge in [0.25, 0.3) is 0 Å². The van der Waals surface area contributed by atoms with Crippen LogP contribution >= 0.6 is 31.9 Å². The summed E-state index contributed by atoms with van der Waals surface area (Å²) in [7, 11) is 0. The monoisotopic (exact) mass is 360 g/mol. The fraction of sp³-hybridized carbons (Fsp3) is 0.867. The molecule has 3 aliphatic carbocycles. The standard InChI is InChI=1S/C15H22Br2/c16-14-11-15(14,17)13-8-6-4-2-1-3-5-7-12(14)9-10-13/h9-10,12-13H,1-8,11H2/t12-,13-,14?,15?/m0/s1. The predicted octanol–water partition coefficient (Wildman–Crippen LogP) is 5.59. The first-order valence-corrected chi connectivity index (χ1v) is 8.81. The molecule has 0 aliphatic heterocycles. The second kappa shape index (κ2) is 4.67. The molecule has 1 saturated carbocycles. The van der Waals surface area contributed by atoms with Crippen molar-refractivity contribution in [3.63, 3.8) is 0 Å². The van der Waals surface area contributed by atoms with Gasteiger partial charge < -0.3 is 0 Å². The number of fused-ring (bicyclic) bond motifs is 5. The SMILES string of the molecule is BrC12CC1(Br)[C@@H]1C=C[C@@H]2CCCCCCCC1. The summed E-state index contributed by atoms with van der Waals surface area (Å²) >= 11 is 8.14. The van der Waals surface area contributed by atoms with Gasteiger partial charge in [-0.15, -0.1) is 0 Å². The van der Waals surface area contributed by atoms with Crippen molar-refractivity contribution in [3.05, 3.63) is 12.2 Å². The maximum Gasteiger partial charge on any atom is 0.0493 e. The maximum atomic E-state index is 4.07. The highest BCUT2D eigenvalue weighted by atomic mass is 79.9. The molecule has 2 unspecified atom stereocenters. The zero-order valence-electron chi connectivity index (χ0n) is 10.4. The van der Waals surface area contributed by atoms with E-state index in [2.05, 4.69) is 44.0 Å². The van der Waals surface area contributed by atoms with Crippen LogP contribution in [0.4, 0.5) is 0 Å². The lowest BCUT2D eigenvalue weighted by Crippen LogP contribution is -2.32. The van der Waals surface area contributed by atoms with Crippen LogP contribution in [0.5, 0.6) is 0 Å². The van der Waals surface area contributed by atoms with E-state index in [1.165, 1.54) is 57.8 Å². The van der Waals surface area contributed by atoms with Gasteiger partial charge in [-0.05, 0) is 31.1 Å². The fourth-order valence-electron chi connectivity index (χ4n) is 3.87. The van der Waals surface area contributed by atoms with Crippen molar-refractivity contribution in [2.45, 2.75) is 66.4 Å². The van der Waals surface area contributed by atoms with E-state index in [0.29, 0.717) is 8.65 Å². The Hall–Kier alpha value is 0.700. The number of alkyl halides is 2. The summed E-state index contributed by atoms with van der Waals surface area (Å²) < 4.78 is 0.775. The van der Waals surface area contributed by atoms with Crippen molar-refractivity contribution in [1.29, 1.82) is 0 Å². The highest BCUT2D eigenvalue weighted by molar-refractivity contribution is 9.13. The Morgan fingerprint density at radius 3 is 1.59 bits per heavy atom. The first kappa shape index (κ1) is 12.7. The fourth-order valence-corrected chi connectivity index (χ4v) is 6.48. The number of allylic oxidation sites excluding steroid dienone is 2. The number of rotatable bonds is 0. The van der Waals surface area contributed by atoms with Gasteiger partial charge in [0.15, 0.2) is 0 Å². The van der Waals surface area contributed by atoms with Gasteiger partial charge in [0.1, 0.15) is 0 Å². The first-order valence-electron chi connectivity index (χ1n) is 7.23. The molecule has 3 rings (SSSR count). The second-order valence-corrected chi connectivity index (χ2v) is 9.03. The Balaban J connectivity index is 1.80. The quantitative estimate of drug-likeness (QED) is 0.389. The molecule has 0 aromatic rings. The number of hydrogen-bond acceptors (Lipinski definition) is 0. The molecule has 2 bridgehead atoms. The van der Waals surface area contributed by atoms with Crippen molar-refractivity contribution < 1.29 is 0 Å². The van der Waals surface area contributed by atoms with Gasteiger partial charge in [-0.3, -0.25) is 0 Å².